The van der Waals surface area contributed by atoms with E-state index < -0.39 is 0 Å². The lowest BCUT2D eigenvalue weighted by Gasteiger charge is -2.42. The molecule has 0 aliphatic carbocycles. The number of piperidine rings is 1. The predicted octanol–water partition coefficient (Wildman–Crippen LogP) is 2.27. The first-order valence-electron chi connectivity index (χ1n) is 6.70. The molecule has 1 aliphatic rings. The summed E-state index contributed by atoms with van der Waals surface area (Å²) in [6.45, 7) is 6.55. The molecule has 2 rings (SSSR count). The molecule has 0 bridgehead atoms. The number of hydrogen-bond donors (Lipinski definition) is 1. The van der Waals surface area contributed by atoms with Gasteiger partial charge in [-0.2, -0.15) is 0 Å². The monoisotopic (exact) mass is 236 g/mol. The molecule has 96 valence electrons. The maximum Gasteiger partial charge on any atom is 0.105 e. The average Bonchev–Trinajstić information content (AvgIpc) is 2.81. The Morgan fingerprint density at radius 1 is 1.59 bits per heavy atom. The maximum atomic E-state index is 5.93. The summed E-state index contributed by atoms with van der Waals surface area (Å²) >= 11 is 0. The second-order valence-corrected chi connectivity index (χ2v) is 5.29. The van der Waals surface area contributed by atoms with Gasteiger partial charge >= 0.3 is 0 Å². The van der Waals surface area contributed by atoms with Crippen molar-refractivity contribution in [2.45, 2.75) is 45.2 Å². The SMILES string of the molecule is CC1CCCN(C(C)Cc2ccco2)C1CN. The van der Waals surface area contributed by atoms with Crippen molar-refractivity contribution in [3.05, 3.63) is 24.2 Å². The fraction of sp³-hybridized carbons (Fsp3) is 0.714. The fourth-order valence-electron chi connectivity index (χ4n) is 3.03. The summed E-state index contributed by atoms with van der Waals surface area (Å²) in [5, 5.41) is 0. The van der Waals surface area contributed by atoms with Gasteiger partial charge < -0.3 is 10.2 Å². The number of rotatable bonds is 4. The molecule has 0 aromatic carbocycles. The first kappa shape index (κ1) is 12.7. The van der Waals surface area contributed by atoms with Crippen LogP contribution in [0.2, 0.25) is 0 Å². The Morgan fingerprint density at radius 2 is 2.41 bits per heavy atom. The van der Waals surface area contributed by atoms with Gasteiger partial charge in [-0.05, 0) is 44.4 Å². The molecule has 3 atom stereocenters. The lowest BCUT2D eigenvalue weighted by molar-refractivity contribution is 0.0672. The van der Waals surface area contributed by atoms with E-state index in [-0.39, 0.29) is 0 Å². The summed E-state index contributed by atoms with van der Waals surface area (Å²) in [4.78, 5) is 2.57. The Hall–Kier alpha value is -0.800. The van der Waals surface area contributed by atoms with Gasteiger partial charge in [-0.15, -0.1) is 0 Å². The summed E-state index contributed by atoms with van der Waals surface area (Å²) in [7, 11) is 0. The Morgan fingerprint density at radius 3 is 3.06 bits per heavy atom. The molecule has 1 aromatic heterocycles. The largest absolute Gasteiger partial charge is 0.469 e. The molecule has 3 unspecified atom stereocenters. The molecule has 0 radical (unpaired) electrons. The van der Waals surface area contributed by atoms with E-state index in [0.717, 1.165) is 18.7 Å². The quantitative estimate of drug-likeness (QED) is 0.872. The molecule has 1 fully saturated rings. The predicted molar refractivity (Wildman–Crippen MR) is 69.8 cm³/mol. The van der Waals surface area contributed by atoms with Crippen LogP contribution >= 0.6 is 0 Å². The van der Waals surface area contributed by atoms with E-state index in [1.807, 2.05) is 6.07 Å². The van der Waals surface area contributed by atoms with Crippen LogP contribution in [-0.4, -0.2) is 30.1 Å². The molecular weight excluding hydrogens is 212 g/mol. The van der Waals surface area contributed by atoms with Crippen LogP contribution in [0.3, 0.4) is 0 Å². The first-order valence-corrected chi connectivity index (χ1v) is 6.70. The standard InChI is InChI=1S/C14H24N2O/c1-11-5-3-7-16(14(11)10-15)12(2)9-13-6-4-8-17-13/h4,6,8,11-12,14H,3,5,7,9-10,15H2,1-2H3. The minimum absolute atomic E-state index is 0.512. The summed E-state index contributed by atoms with van der Waals surface area (Å²) in [6.07, 6.45) is 5.34. The summed E-state index contributed by atoms with van der Waals surface area (Å²) in [5.74, 6) is 1.79. The first-order chi connectivity index (χ1) is 8.22. The molecule has 1 aromatic rings. The second kappa shape index (κ2) is 5.69. The third kappa shape index (κ3) is 2.90. The van der Waals surface area contributed by atoms with Gasteiger partial charge in [0.05, 0.1) is 6.26 Å². The zero-order valence-electron chi connectivity index (χ0n) is 10.9. The molecule has 0 saturated carbocycles. The van der Waals surface area contributed by atoms with Crippen molar-refractivity contribution in [2.24, 2.45) is 11.7 Å². The Bertz CT molecular complexity index is 323. The molecule has 0 amide bonds. The van der Waals surface area contributed by atoms with E-state index in [2.05, 4.69) is 24.8 Å². The van der Waals surface area contributed by atoms with Gasteiger partial charge in [0.2, 0.25) is 0 Å². The van der Waals surface area contributed by atoms with Crippen molar-refractivity contribution in [3.8, 4) is 0 Å². The second-order valence-electron chi connectivity index (χ2n) is 5.29. The van der Waals surface area contributed by atoms with Crippen LogP contribution in [0.4, 0.5) is 0 Å². The van der Waals surface area contributed by atoms with Crippen LogP contribution in [0, 0.1) is 5.92 Å². The molecular formula is C14H24N2O. The number of likely N-dealkylation sites (tertiary alicyclic amines) is 1. The summed E-state index contributed by atoms with van der Waals surface area (Å²) in [5.41, 5.74) is 5.93. The average molecular weight is 236 g/mol. The van der Waals surface area contributed by atoms with Gasteiger partial charge in [0.1, 0.15) is 5.76 Å². The van der Waals surface area contributed by atoms with E-state index in [9.17, 15) is 0 Å². The fourth-order valence-corrected chi connectivity index (χ4v) is 3.03. The molecule has 1 aliphatic heterocycles. The van der Waals surface area contributed by atoms with Gasteiger partial charge in [0, 0.05) is 25.0 Å². The molecule has 2 N–H and O–H groups in total. The number of furan rings is 1. The van der Waals surface area contributed by atoms with Gasteiger partial charge in [-0.3, -0.25) is 4.90 Å². The summed E-state index contributed by atoms with van der Waals surface area (Å²) < 4.78 is 5.43. The van der Waals surface area contributed by atoms with Crippen molar-refractivity contribution in [1.29, 1.82) is 0 Å². The van der Waals surface area contributed by atoms with E-state index in [1.54, 1.807) is 6.26 Å². The minimum atomic E-state index is 0.512. The van der Waals surface area contributed by atoms with Gasteiger partial charge in [0.15, 0.2) is 0 Å². The third-order valence-corrected chi connectivity index (χ3v) is 4.04. The van der Waals surface area contributed by atoms with Crippen LogP contribution in [0.25, 0.3) is 0 Å². The van der Waals surface area contributed by atoms with Crippen molar-refractivity contribution in [3.63, 3.8) is 0 Å². The molecule has 17 heavy (non-hydrogen) atoms. The molecule has 0 spiro atoms. The normalized spacial score (nSPS) is 28.2. The molecule has 3 heteroatoms. The van der Waals surface area contributed by atoms with E-state index in [0.29, 0.717) is 18.0 Å². The number of hydrogen-bond acceptors (Lipinski definition) is 3. The number of nitrogens with zero attached hydrogens (tertiary/aromatic N) is 1. The topological polar surface area (TPSA) is 42.4 Å². The molecule has 1 saturated heterocycles. The van der Waals surface area contributed by atoms with Crippen molar-refractivity contribution >= 4 is 0 Å². The van der Waals surface area contributed by atoms with Crippen molar-refractivity contribution in [1.82, 2.24) is 4.90 Å². The van der Waals surface area contributed by atoms with Crippen LogP contribution in [0.15, 0.2) is 22.8 Å². The Balaban J connectivity index is 1.99. The maximum absolute atomic E-state index is 5.93. The summed E-state index contributed by atoms with van der Waals surface area (Å²) in [6, 6.07) is 5.06. The van der Waals surface area contributed by atoms with E-state index in [4.69, 9.17) is 10.2 Å². The highest BCUT2D eigenvalue weighted by Crippen LogP contribution is 2.25. The highest BCUT2D eigenvalue weighted by atomic mass is 16.3. The highest BCUT2D eigenvalue weighted by molar-refractivity contribution is 5.01. The van der Waals surface area contributed by atoms with Crippen LogP contribution in [0.1, 0.15) is 32.4 Å². The van der Waals surface area contributed by atoms with Crippen molar-refractivity contribution in [2.75, 3.05) is 13.1 Å². The zero-order valence-corrected chi connectivity index (χ0v) is 10.9. The highest BCUT2D eigenvalue weighted by Gasteiger charge is 2.30. The van der Waals surface area contributed by atoms with Crippen LogP contribution in [0.5, 0.6) is 0 Å². The van der Waals surface area contributed by atoms with Crippen LogP contribution in [-0.2, 0) is 6.42 Å². The van der Waals surface area contributed by atoms with E-state index in [1.165, 1.54) is 19.4 Å². The smallest absolute Gasteiger partial charge is 0.105 e. The Labute approximate surface area is 104 Å². The molecule has 3 nitrogen and oxygen atoms in total. The third-order valence-electron chi connectivity index (χ3n) is 4.04. The van der Waals surface area contributed by atoms with Crippen molar-refractivity contribution < 1.29 is 4.42 Å². The van der Waals surface area contributed by atoms with Gasteiger partial charge in [-0.25, -0.2) is 0 Å². The minimum Gasteiger partial charge on any atom is -0.469 e. The number of nitrogens with two attached hydrogens (primary N) is 1. The molecule has 2 heterocycles. The zero-order chi connectivity index (χ0) is 12.3. The lowest BCUT2D eigenvalue weighted by atomic mass is 9.89. The van der Waals surface area contributed by atoms with E-state index >= 15 is 0 Å². The van der Waals surface area contributed by atoms with Gasteiger partial charge in [0.25, 0.3) is 0 Å². The lowest BCUT2D eigenvalue weighted by Crippen LogP contribution is -2.52. The Kier molecular flexibility index (Phi) is 4.24. The van der Waals surface area contributed by atoms with Crippen LogP contribution < -0.4 is 5.73 Å². The van der Waals surface area contributed by atoms with Gasteiger partial charge in [-0.1, -0.05) is 6.92 Å².